The second kappa shape index (κ2) is 8.32. The third kappa shape index (κ3) is 4.82. The van der Waals surface area contributed by atoms with Crippen LogP contribution in [0.25, 0.3) is 10.8 Å². The summed E-state index contributed by atoms with van der Waals surface area (Å²) in [5, 5.41) is 2.15. The molecular formula is C18H21Cl3O2. The van der Waals surface area contributed by atoms with Crippen molar-refractivity contribution in [2.24, 2.45) is 5.92 Å². The first-order chi connectivity index (χ1) is 10.9. The van der Waals surface area contributed by atoms with Crippen LogP contribution in [0.4, 0.5) is 0 Å². The average molecular weight is 376 g/mol. The van der Waals surface area contributed by atoms with Crippen LogP contribution in [-0.2, 0) is 0 Å². The lowest BCUT2D eigenvalue weighted by atomic mass is 10.1. The summed E-state index contributed by atoms with van der Waals surface area (Å²) in [6.07, 6.45) is 0.720. The van der Waals surface area contributed by atoms with Gasteiger partial charge in [-0.25, -0.2) is 0 Å². The van der Waals surface area contributed by atoms with Crippen molar-refractivity contribution in [1.82, 2.24) is 0 Å². The van der Waals surface area contributed by atoms with Crippen LogP contribution in [0, 0.1) is 5.92 Å². The Morgan fingerprint density at radius 2 is 1.83 bits per heavy atom. The molecule has 0 aliphatic heterocycles. The average Bonchev–Trinajstić information content (AvgIpc) is 2.54. The fourth-order valence-electron chi connectivity index (χ4n) is 2.07. The predicted octanol–water partition coefficient (Wildman–Crippen LogP) is 6.49. The minimum atomic E-state index is -0.620. The molecule has 0 saturated carbocycles. The molecule has 2 aromatic carbocycles. The molecule has 0 aliphatic rings. The van der Waals surface area contributed by atoms with Gasteiger partial charge >= 0.3 is 0 Å². The molecule has 0 heterocycles. The molecule has 0 N–H and O–H groups in total. The molecule has 126 valence electrons. The molecule has 0 spiro atoms. The van der Waals surface area contributed by atoms with Crippen LogP contribution in [0.15, 0.2) is 30.3 Å². The Morgan fingerprint density at radius 3 is 2.48 bits per heavy atom. The molecule has 0 radical (unpaired) electrons. The van der Waals surface area contributed by atoms with E-state index >= 15 is 0 Å². The van der Waals surface area contributed by atoms with Gasteiger partial charge in [0.05, 0.1) is 17.0 Å². The van der Waals surface area contributed by atoms with Gasteiger partial charge in [0.15, 0.2) is 5.56 Å². The summed E-state index contributed by atoms with van der Waals surface area (Å²) in [5.41, 5.74) is -0.620. The molecule has 0 saturated heterocycles. The maximum atomic E-state index is 6.45. The van der Waals surface area contributed by atoms with Crippen molar-refractivity contribution in [3.05, 3.63) is 35.4 Å². The van der Waals surface area contributed by atoms with Gasteiger partial charge in [-0.3, -0.25) is 0 Å². The van der Waals surface area contributed by atoms with E-state index in [2.05, 4.69) is 13.8 Å². The van der Waals surface area contributed by atoms with E-state index < -0.39 is 5.56 Å². The quantitative estimate of drug-likeness (QED) is 0.515. The summed E-state index contributed by atoms with van der Waals surface area (Å²) in [6, 6.07) is 9.57. The minimum absolute atomic E-state index is 0.268. The fraction of sp³-hybridized carbons (Fsp3) is 0.444. The van der Waals surface area contributed by atoms with Gasteiger partial charge in [-0.05, 0) is 42.0 Å². The molecule has 0 amide bonds. The normalized spacial score (nSPS) is 14.0. The standard InChI is InChI=1S/C18H21Cl3O2/c1-4-15(19)18(21)23-16-8-5-12-9-13(22-10-11(2)3)6-7-14(12)17(16)20/h5-9,11,15,18H,4,10H2,1-3H3. The lowest BCUT2D eigenvalue weighted by molar-refractivity contribution is 0.271. The number of fused-ring (bicyclic) bond motifs is 1. The Balaban J connectivity index is 2.24. The lowest BCUT2D eigenvalue weighted by Gasteiger charge is -2.18. The van der Waals surface area contributed by atoms with Crippen LogP contribution in [-0.4, -0.2) is 17.5 Å². The molecule has 2 atom stereocenters. The van der Waals surface area contributed by atoms with E-state index in [1.807, 2.05) is 37.3 Å². The van der Waals surface area contributed by atoms with E-state index in [1.165, 1.54) is 0 Å². The molecule has 2 unspecified atom stereocenters. The number of alkyl halides is 2. The Bertz CT molecular complexity index is 658. The molecule has 0 aromatic heterocycles. The number of ether oxygens (including phenoxy) is 2. The summed E-state index contributed by atoms with van der Waals surface area (Å²) >= 11 is 18.7. The Hall–Kier alpha value is -0.830. The number of benzene rings is 2. The van der Waals surface area contributed by atoms with Crippen LogP contribution in [0.2, 0.25) is 5.02 Å². The van der Waals surface area contributed by atoms with Gasteiger partial charge in [-0.1, -0.05) is 50.0 Å². The maximum Gasteiger partial charge on any atom is 0.188 e. The van der Waals surface area contributed by atoms with Crippen molar-refractivity contribution >= 4 is 45.6 Å². The SMILES string of the molecule is CCC(Cl)C(Cl)Oc1ccc2cc(OCC(C)C)ccc2c1Cl. The fourth-order valence-corrected chi connectivity index (χ4v) is 2.68. The Labute approximate surface area is 152 Å². The molecular weight excluding hydrogens is 355 g/mol. The van der Waals surface area contributed by atoms with Gasteiger partial charge in [0, 0.05) is 5.39 Å². The molecule has 0 fully saturated rings. The monoisotopic (exact) mass is 374 g/mol. The van der Waals surface area contributed by atoms with Crippen molar-refractivity contribution in [3.63, 3.8) is 0 Å². The summed E-state index contributed by atoms with van der Waals surface area (Å²) < 4.78 is 11.4. The zero-order valence-corrected chi connectivity index (χ0v) is 15.8. The molecule has 2 aromatic rings. The number of rotatable bonds is 7. The zero-order valence-electron chi connectivity index (χ0n) is 13.5. The Morgan fingerprint density at radius 1 is 1.09 bits per heavy atom. The molecule has 5 heteroatoms. The second-order valence-corrected chi connectivity index (χ2v) is 7.23. The van der Waals surface area contributed by atoms with Crippen molar-refractivity contribution in [2.75, 3.05) is 6.61 Å². The largest absolute Gasteiger partial charge is 0.493 e. The summed E-state index contributed by atoms with van der Waals surface area (Å²) in [7, 11) is 0. The van der Waals surface area contributed by atoms with Gasteiger partial charge in [0.25, 0.3) is 0 Å². The van der Waals surface area contributed by atoms with E-state index in [9.17, 15) is 0 Å². The first kappa shape index (κ1) is 18.5. The lowest BCUT2D eigenvalue weighted by Crippen LogP contribution is -2.20. The number of halogens is 3. The first-order valence-electron chi connectivity index (χ1n) is 7.72. The van der Waals surface area contributed by atoms with Crippen molar-refractivity contribution in [2.45, 2.75) is 38.1 Å². The van der Waals surface area contributed by atoms with E-state index in [-0.39, 0.29) is 5.38 Å². The third-order valence-electron chi connectivity index (χ3n) is 3.39. The number of hydrogen-bond acceptors (Lipinski definition) is 2. The van der Waals surface area contributed by atoms with E-state index in [0.29, 0.717) is 23.3 Å². The van der Waals surface area contributed by atoms with Crippen molar-refractivity contribution in [1.29, 1.82) is 0 Å². The Kier molecular flexibility index (Phi) is 6.70. The first-order valence-corrected chi connectivity index (χ1v) is 8.97. The van der Waals surface area contributed by atoms with Crippen LogP contribution < -0.4 is 9.47 Å². The number of hydrogen-bond donors (Lipinski definition) is 0. The molecule has 2 nitrogen and oxygen atoms in total. The summed E-state index contributed by atoms with van der Waals surface area (Å²) in [4.78, 5) is 0. The maximum absolute atomic E-state index is 6.45. The highest BCUT2D eigenvalue weighted by Gasteiger charge is 2.18. The smallest absolute Gasteiger partial charge is 0.188 e. The third-order valence-corrected chi connectivity index (χ3v) is 4.84. The highest BCUT2D eigenvalue weighted by molar-refractivity contribution is 6.37. The summed E-state index contributed by atoms with van der Waals surface area (Å²) in [5.74, 6) is 1.85. The zero-order chi connectivity index (χ0) is 17.0. The van der Waals surface area contributed by atoms with Crippen molar-refractivity contribution in [3.8, 4) is 11.5 Å². The van der Waals surface area contributed by atoms with E-state index in [4.69, 9.17) is 44.3 Å². The van der Waals surface area contributed by atoms with Gasteiger partial charge in [0.1, 0.15) is 11.5 Å². The van der Waals surface area contributed by atoms with Crippen LogP contribution in [0.5, 0.6) is 11.5 Å². The topological polar surface area (TPSA) is 18.5 Å². The second-order valence-electron chi connectivity index (χ2n) is 5.86. The predicted molar refractivity (Wildman–Crippen MR) is 99.5 cm³/mol. The molecule has 2 rings (SSSR count). The highest BCUT2D eigenvalue weighted by atomic mass is 35.5. The van der Waals surface area contributed by atoms with E-state index in [1.54, 1.807) is 0 Å². The van der Waals surface area contributed by atoms with E-state index in [0.717, 1.165) is 22.9 Å². The minimum Gasteiger partial charge on any atom is -0.493 e. The van der Waals surface area contributed by atoms with Gasteiger partial charge in [-0.2, -0.15) is 0 Å². The molecule has 0 bridgehead atoms. The van der Waals surface area contributed by atoms with Gasteiger partial charge < -0.3 is 9.47 Å². The van der Waals surface area contributed by atoms with Gasteiger partial charge in [0.2, 0.25) is 0 Å². The molecule has 0 aliphatic carbocycles. The van der Waals surface area contributed by atoms with Crippen LogP contribution in [0.1, 0.15) is 27.2 Å². The summed E-state index contributed by atoms with van der Waals surface area (Å²) in [6.45, 7) is 6.87. The molecule has 23 heavy (non-hydrogen) atoms. The van der Waals surface area contributed by atoms with Crippen LogP contribution in [0.3, 0.4) is 0 Å². The van der Waals surface area contributed by atoms with Crippen molar-refractivity contribution < 1.29 is 9.47 Å². The van der Waals surface area contributed by atoms with Gasteiger partial charge in [-0.15, -0.1) is 11.6 Å². The highest BCUT2D eigenvalue weighted by Crippen LogP contribution is 2.36. The van der Waals surface area contributed by atoms with Crippen LogP contribution >= 0.6 is 34.8 Å².